The maximum Gasteiger partial charge on any atom is 0.292 e. The van der Waals surface area contributed by atoms with E-state index in [-0.39, 0.29) is 30.1 Å². The van der Waals surface area contributed by atoms with E-state index >= 15 is 0 Å². The van der Waals surface area contributed by atoms with Crippen LogP contribution >= 0.6 is 0 Å². The Hall–Kier alpha value is -1.72. The molecule has 5 nitrogen and oxygen atoms in total. The van der Waals surface area contributed by atoms with Gasteiger partial charge in [0.15, 0.2) is 6.04 Å². The summed E-state index contributed by atoms with van der Waals surface area (Å²) in [5.41, 5.74) is 1.79. The normalized spacial score (nSPS) is 32.6. The Kier molecular flexibility index (Phi) is 4.02. The standard InChI is InChI=1S/C17H22N2O3/c1-11-4-6-14(7-5-11)19-16(20)8-15(17(19)21)18-9-12(2)22-13(3)10-18/h4-7,12-13,15H,8-10H2,1-3H3/p+1/t12-,13-,15+/m1/s1. The molecule has 2 heterocycles. The predicted octanol–water partition coefficient (Wildman–Crippen LogP) is 0.319. The molecule has 2 aliphatic rings. The van der Waals surface area contributed by atoms with Crippen LogP contribution in [0.5, 0.6) is 0 Å². The average molecular weight is 303 g/mol. The molecule has 2 amide bonds. The highest BCUT2D eigenvalue weighted by atomic mass is 16.5. The highest BCUT2D eigenvalue weighted by molar-refractivity contribution is 6.21. The van der Waals surface area contributed by atoms with Gasteiger partial charge in [-0.15, -0.1) is 0 Å². The maximum atomic E-state index is 12.8. The lowest BCUT2D eigenvalue weighted by atomic mass is 10.1. The third-order valence-corrected chi connectivity index (χ3v) is 4.50. The molecule has 1 N–H and O–H groups in total. The first-order valence-corrected chi connectivity index (χ1v) is 7.89. The van der Waals surface area contributed by atoms with Gasteiger partial charge >= 0.3 is 0 Å². The van der Waals surface area contributed by atoms with Crippen LogP contribution in [0.1, 0.15) is 25.8 Å². The van der Waals surface area contributed by atoms with Gasteiger partial charge in [0, 0.05) is 0 Å². The lowest BCUT2D eigenvalue weighted by Crippen LogP contribution is -3.19. The zero-order valence-electron chi connectivity index (χ0n) is 13.3. The molecular formula is C17H23N2O3+. The summed E-state index contributed by atoms with van der Waals surface area (Å²) in [5, 5.41) is 0. The number of benzene rings is 1. The number of rotatable bonds is 2. The Balaban J connectivity index is 1.80. The van der Waals surface area contributed by atoms with E-state index in [0.29, 0.717) is 12.1 Å². The minimum atomic E-state index is -0.275. The van der Waals surface area contributed by atoms with Gasteiger partial charge in [0.05, 0.1) is 12.1 Å². The Bertz CT molecular complexity index is 574. The van der Waals surface area contributed by atoms with Crippen LogP contribution in [0.3, 0.4) is 0 Å². The van der Waals surface area contributed by atoms with Crippen LogP contribution in [0.15, 0.2) is 24.3 Å². The number of carbonyl (C=O) groups is 2. The highest BCUT2D eigenvalue weighted by Gasteiger charge is 2.47. The molecule has 5 heteroatoms. The van der Waals surface area contributed by atoms with Crippen molar-refractivity contribution in [3.8, 4) is 0 Å². The second kappa shape index (κ2) is 5.82. The summed E-state index contributed by atoms with van der Waals surface area (Å²) in [6.45, 7) is 7.58. The molecule has 0 aromatic heterocycles. The van der Waals surface area contributed by atoms with Crippen molar-refractivity contribution in [2.24, 2.45) is 0 Å². The molecule has 0 radical (unpaired) electrons. The van der Waals surface area contributed by atoms with E-state index in [1.54, 1.807) is 0 Å². The number of imide groups is 1. The molecule has 3 atom stereocenters. The minimum Gasteiger partial charge on any atom is -0.364 e. The fourth-order valence-corrected chi connectivity index (χ4v) is 3.52. The zero-order valence-corrected chi connectivity index (χ0v) is 13.3. The van der Waals surface area contributed by atoms with Crippen LogP contribution in [-0.4, -0.2) is 43.2 Å². The number of anilines is 1. The van der Waals surface area contributed by atoms with Gasteiger partial charge in [-0.05, 0) is 32.9 Å². The molecule has 0 saturated carbocycles. The third-order valence-electron chi connectivity index (χ3n) is 4.50. The van der Waals surface area contributed by atoms with Gasteiger partial charge in [-0.2, -0.15) is 0 Å². The summed E-state index contributed by atoms with van der Waals surface area (Å²) >= 11 is 0. The number of amides is 2. The Morgan fingerprint density at radius 3 is 2.27 bits per heavy atom. The highest BCUT2D eigenvalue weighted by Crippen LogP contribution is 2.22. The van der Waals surface area contributed by atoms with Gasteiger partial charge in [-0.3, -0.25) is 9.59 Å². The first kappa shape index (κ1) is 15.2. The van der Waals surface area contributed by atoms with Crippen molar-refractivity contribution in [2.75, 3.05) is 18.0 Å². The summed E-state index contributed by atoms with van der Waals surface area (Å²) in [6.07, 6.45) is 0.534. The smallest absolute Gasteiger partial charge is 0.292 e. The molecule has 3 rings (SSSR count). The Labute approximate surface area is 130 Å². The predicted molar refractivity (Wildman–Crippen MR) is 82.8 cm³/mol. The lowest BCUT2D eigenvalue weighted by molar-refractivity contribution is -0.929. The second-order valence-corrected chi connectivity index (χ2v) is 6.48. The quantitative estimate of drug-likeness (QED) is 0.801. The van der Waals surface area contributed by atoms with Crippen molar-refractivity contribution in [1.82, 2.24) is 0 Å². The van der Waals surface area contributed by atoms with E-state index in [1.165, 1.54) is 9.80 Å². The summed E-state index contributed by atoms with van der Waals surface area (Å²) in [5.74, 6) is -0.177. The van der Waals surface area contributed by atoms with Crippen molar-refractivity contribution in [3.63, 3.8) is 0 Å². The van der Waals surface area contributed by atoms with Gasteiger partial charge in [-0.25, -0.2) is 4.90 Å². The molecule has 22 heavy (non-hydrogen) atoms. The molecule has 118 valence electrons. The van der Waals surface area contributed by atoms with E-state index in [4.69, 9.17) is 4.74 Å². The molecule has 1 aromatic rings. The van der Waals surface area contributed by atoms with Crippen LogP contribution in [0.4, 0.5) is 5.69 Å². The number of carbonyl (C=O) groups excluding carboxylic acids is 2. The minimum absolute atomic E-state index is 0.0786. The number of quaternary nitrogens is 1. The average Bonchev–Trinajstić information content (AvgIpc) is 2.74. The van der Waals surface area contributed by atoms with E-state index in [9.17, 15) is 9.59 Å². The van der Waals surface area contributed by atoms with Crippen LogP contribution in [-0.2, 0) is 14.3 Å². The number of ether oxygens (including phenoxy) is 1. The summed E-state index contributed by atoms with van der Waals surface area (Å²) in [6, 6.07) is 7.26. The fraction of sp³-hybridized carbons (Fsp3) is 0.529. The van der Waals surface area contributed by atoms with Crippen molar-refractivity contribution >= 4 is 17.5 Å². The van der Waals surface area contributed by atoms with Crippen molar-refractivity contribution in [1.29, 1.82) is 0 Å². The number of morpholine rings is 1. The molecular weight excluding hydrogens is 280 g/mol. The van der Waals surface area contributed by atoms with Gasteiger partial charge in [0.2, 0.25) is 5.91 Å². The molecule has 0 bridgehead atoms. The maximum absolute atomic E-state index is 12.8. The summed E-state index contributed by atoms with van der Waals surface area (Å²) in [7, 11) is 0. The van der Waals surface area contributed by atoms with Crippen LogP contribution < -0.4 is 9.80 Å². The van der Waals surface area contributed by atoms with E-state index in [0.717, 1.165) is 18.7 Å². The van der Waals surface area contributed by atoms with Crippen LogP contribution in [0, 0.1) is 6.92 Å². The largest absolute Gasteiger partial charge is 0.364 e. The molecule has 0 unspecified atom stereocenters. The van der Waals surface area contributed by atoms with E-state index in [2.05, 4.69) is 0 Å². The molecule has 2 fully saturated rings. The fourth-order valence-electron chi connectivity index (χ4n) is 3.52. The number of hydrogen-bond donors (Lipinski definition) is 1. The summed E-state index contributed by atoms with van der Waals surface area (Å²) < 4.78 is 5.73. The molecule has 1 aromatic carbocycles. The van der Waals surface area contributed by atoms with Crippen LogP contribution in [0.25, 0.3) is 0 Å². The monoisotopic (exact) mass is 303 g/mol. The van der Waals surface area contributed by atoms with Crippen molar-refractivity contribution in [2.45, 2.75) is 45.4 Å². The lowest BCUT2D eigenvalue weighted by Gasteiger charge is -2.34. The van der Waals surface area contributed by atoms with Gasteiger partial charge in [0.1, 0.15) is 25.3 Å². The third kappa shape index (κ3) is 2.78. The molecule has 2 saturated heterocycles. The molecule has 2 aliphatic heterocycles. The SMILES string of the molecule is Cc1ccc(N2C(=O)C[C@H]([NH+]3C[C@@H](C)O[C@H](C)C3)C2=O)cc1. The topological polar surface area (TPSA) is 51.1 Å². The number of nitrogens with zero attached hydrogens (tertiary/aromatic N) is 1. The second-order valence-electron chi connectivity index (χ2n) is 6.48. The first-order chi connectivity index (χ1) is 10.5. The number of aryl methyl sites for hydroxylation is 1. The molecule has 0 spiro atoms. The van der Waals surface area contributed by atoms with Gasteiger partial charge < -0.3 is 9.64 Å². The van der Waals surface area contributed by atoms with Gasteiger partial charge in [0.25, 0.3) is 5.91 Å². The van der Waals surface area contributed by atoms with Crippen LogP contribution in [0.2, 0.25) is 0 Å². The zero-order chi connectivity index (χ0) is 15.9. The van der Waals surface area contributed by atoms with E-state index < -0.39 is 0 Å². The Morgan fingerprint density at radius 1 is 1.09 bits per heavy atom. The number of nitrogens with one attached hydrogen (secondary N) is 1. The van der Waals surface area contributed by atoms with Crippen molar-refractivity contribution < 1.29 is 19.2 Å². The van der Waals surface area contributed by atoms with Gasteiger partial charge in [-0.1, -0.05) is 17.7 Å². The Morgan fingerprint density at radius 2 is 1.68 bits per heavy atom. The van der Waals surface area contributed by atoms with E-state index in [1.807, 2.05) is 45.0 Å². The first-order valence-electron chi connectivity index (χ1n) is 7.89. The summed E-state index contributed by atoms with van der Waals surface area (Å²) in [4.78, 5) is 27.6. The molecule has 0 aliphatic carbocycles. The number of hydrogen-bond acceptors (Lipinski definition) is 3. The van der Waals surface area contributed by atoms with Crippen molar-refractivity contribution in [3.05, 3.63) is 29.8 Å².